The van der Waals surface area contributed by atoms with Gasteiger partial charge in [-0.15, -0.1) is 0 Å². The fourth-order valence-corrected chi connectivity index (χ4v) is 2.97. The molecule has 9 heteroatoms. The third-order valence-corrected chi connectivity index (χ3v) is 4.53. The molecule has 2 amide bonds. The van der Waals surface area contributed by atoms with E-state index in [-0.39, 0.29) is 24.9 Å². The highest BCUT2D eigenvalue weighted by atomic mass is 16.2. The molecule has 0 saturated heterocycles. The van der Waals surface area contributed by atoms with E-state index in [2.05, 4.69) is 15.7 Å². The zero-order valence-corrected chi connectivity index (χ0v) is 17.0. The number of amides is 2. The van der Waals surface area contributed by atoms with Gasteiger partial charge in [0.25, 0.3) is 0 Å². The maximum atomic E-state index is 12.8. The lowest BCUT2D eigenvalue weighted by Gasteiger charge is -2.21. The monoisotopic (exact) mass is 408 g/mol. The number of carbonyl (C=O) groups is 2. The number of carbonyl (C=O) groups excluding carboxylic acids is 2. The summed E-state index contributed by atoms with van der Waals surface area (Å²) in [6, 6.07) is 16.3. The molecular formula is C21H24N6O3. The van der Waals surface area contributed by atoms with Gasteiger partial charge in [0.05, 0.1) is 12.2 Å². The molecule has 0 bridgehead atoms. The van der Waals surface area contributed by atoms with Crippen molar-refractivity contribution in [2.75, 3.05) is 18.4 Å². The van der Waals surface area contributed by atoms with Gasteiger partial charge in [-0.05, 0) is 47.5 Å². The van der Waals surface area contributed by atoms with E-state index < -0.39 is 5.69 Å². The Hall–Kier alpha value is -3.75. The average Bonchev–Trinajstić information content (AvgIpc) is 3.10. The molecule has 0 saturated carbocycles. The number of tetrazole rings is 1. The molecule has 156 valence electrons. The van der Waals surface area contributed by atoms with Crippen molar-refractivity contribution in [1.82, 2.24) is 24.7 Å². The number of aromatic nitrogens is 4. The first-order valence-corrected chi connectivity index (χ1v) is 9.71. The number of aryl methyl sites for hydroxylation is 1. The molecule has 3 rings (SSSR count). The van der Waals surface area contributed by atoms with Crippen molar-refractivity contribution in [1.29, 1.82) is 0 Å². The summed E-state index contributed by atoms with van der Waals surface area (Å²) in [4.78, 5) is 39.2. The summed E-state index contributed by atoms with van der Waals surface area (Å²) in [6.45, 7) is 3.80. The van der Waals surface area contributed by atoms with Crippen LogP contribution in [-0.4, -0.2) is 49.6 Å². The molecule has 0 aliphatic heterocycles. The molecule has 0 radical (unpaired) electrons. The quantitative estimate of drug-likeness (QED) is 0.610. The summed E-state index contributed by atoms with van der Waals surface area (Å²) in [5.74, 6) is -0.676. The maximum absolute atomic E-state index is 12.8. The standard InChI is InChI=1S/C21H24N6O3/c1-3-13-25(14-19(28)22-18-12-8-7-9-16(18)2)20(29)15-26-21(30)27(24-23-26)17-10-5-4-6-11-17/h4-12H,3,13-15H2,1-2H3,(H,22,28). The normalized spacial score (nSPS) is 10.6. The summed E-state index contributed by atoms with van der Waals surface area (Å²) in [6.07, 6.45) is 0.676. The van der Waals surface area contributed by atoms with Crippen LogP contribution in [0.4, 0.5) is 5.69 Å². The highest BCUT2D eigenvalue weighted by molar-refractivity contribution is 5.95. The Balaban J connectivity index is 1.69. The van der Waals surface area contributed by atoms with Crippen LogP contribution in [0.1, 0.15) is 18.9 Å². The second kappa shape index (κ2) is 9.64. The van der Waals surface area contributed by atoms with E-state index in [1.807, 2.05) is 38.1 Å². The highest BCUT2D eigenvalue weighted by Gasteiger charge is 2.20. The smallest absolute Gasteiger partial charge is 0.332 e. The molecule has 9 nitrogen and oxygen atoms in total. The first-order chi connectivity index (χ1) is 14.5. The van der Waals surface area contributed by atoms with Crippen LogP contribution in [0.3, 0.4) is 0 Å². The van der Waals surface area contributed by atoms with Crippen molar-refractivity contribution < 1.29 is 9.59 Å². The Labute approximate surface area is 173 Å². The third-order valence-electron chi connectivity index (χ3n) is 4.53. The molecule has 0 aliphatic carbocycles. The van der Waals surface area contributed by atoms with E-state index in [4.69, 9.17) is 0 Å². The fraction of sp³-hybridized carbons (Fsp3) is 0.286. The van der Waals surface area contributed by atoms with E-state index in [9.17, 15) is 14.4 Å². The minimum Gasteiger partial charge on any atom is -0.332 e. The number of para-hydroxylation sites is 2. The first-order valence-electron chi connectivity index (χ1n) is 9.71. The zero-order chi connectivity index (χ0) is 21.5. The molecule has 0 spiro atoms. The molecule has 1 heterocycles. The van der Waals surface area contributed by atoms with Gasteiger partial charge in [-0.1, -0.05) is 43.3 Å². The molecular weight excluding hydrogens is 384 g/mol. The van der Waals surface area contributed by atoms with E-state index in [0.29, 0.717) is 24.3 Å². The summed E-state index contributed by atoms with van der Waals surface area (Å²) in [5.41, 5.74) is 1.68. The number of anilines is 1. The molecule has 3 aromatic rings. The maximum Gasteiger partial charge on any atom is 0.368 e. The van der Waals surface area contributed by atoms with Gasteiger partial charge in [0.1, 0.15) is 6.54 Å². The minimum absolute atomic E-state index is 0.109. The van der Waals surface area contributed by atoms with E-state index in [1.165, 1.54) is 4.90 Å². The number of nitrogens with zero attached hydrogens (tertiary/aromatic N) is 5. The van der Waals surface area contributed by atoms with Crippen LogP contribution in [0.5, 0.6) is 0 Å². The summed E-state index contributed by atoms with van der Waals surface area (Å²) < 4.78 is 2.12. The van der Waals surface area contributed by atoms with Gasteiger partial charge in [0.2, 0.25) is 11.8 Å². The number of benzene rings is 2. The summed E-state index contributed by atoms with van der Waals surface area (Å²) in [5, 5.41) is 10.5. The Bertz CT molecular complexity index is 1070. The Kier molecular flexibility index (Phi) is 6.74. The van der Waals surface area contributed by atoms with Crippen molar-refractivity contribution in [2.45, 2.75) is 26.8 Å². The van der Waals surface area contributed by atoms with E-state index >= 15 is 0 Å². The van der Waals surface area contributed by atoms with Gasteiger partial charge in [-0.25, -0.2) is 4.79 Å². The van der Waals surface area contributed by atoms with Crippen molar-refractivity contribution in [3.63, 3.8) is 0 Å². The second-order valence-corrected chi connectivity index (χ2v) is 6.84. The number of nitrogens with one attached hydrogen (secondary N) is 1. The van der Waals surface area contributed by atoms with Crippen LogP contribution in [-0.2, 0) is 16.1 Å². The molecule has 30 heavy (non-hydrogen) atoms. The van der Waals surface area contributed by atoms with Crippen LogP contribution in [0.2, 0.25) is 0 Å². The molecule has 0 atom stereocenters. The zero-order valence-electron chi connectivity index (χ0n) is 17.0. The van der Waals surface area contributed by atoms with Crippen LogP contribution < -0.4 is 11.0 Å². The Morgan fingerprint density at radius 1 is 1.03 bits per heavy atom. The van der Waals surface area contributed by atoms with Gasteiger partial charge in [-0.3, -0.25) is 9.59 Å². The molecule has 1 aromatic heterocycles. The van der Waals surface area contributed by atoms with Crippen molar-refractivity contribution >= 4 is 17.5 Å². The molecule has 0 aliphatic rings. The van der Waals surface area contributed by atoms with E-state index in [0.717, 1.165) is 14.9 Å². The largest absolute Gasteiger partial charge is 0.368 e. The van der Waals surface area contributed by atoms with Crippen molar-refractivity contribution in [3.8, 4) is 5.69 Å². The molecule has 0 fully saturated rings. The van der Waals surface area contributed by atoms with Crippen molar-refractivity contribution in [3.05, 3.63) is 70.6 Å². The van der Waals surface area contributed by atoms with Crippen LogP contribution in [0.15, 0.2) is 59.4 Å². The lowest BCUT2D eigenvalue weighted by molar-refractivity contribution is -0.135. The number of rotatable bonds is 8. The third kappa shape index (κ3) is 4.99. The highest BCUT2D eigenvalue weighted by Crippen LogP contribution is 2.13. The predicted octanol–water partition coefficient (Wildman–Crippen LogP) is 1.61. The van der Waals surface area contributed by atoms with E-state index in [1.54, 1.807) is 30.3 Å². The van der Waals surface area contributed by atoms with Gasteiger partial charge in [0.15, 0.2) is 0 Å². The first kappa shape index (κ1) is 21.0. The van der Waals surface area contributed by atoms with Gasteiger partial charge < -0.3 is 10.2 Å². The van der Waals surface area contributed by atoms with Gasteiger partial charge >= 0.3 is 5.69 Å². The lowest BCUT2D eigenvalue weighted by Crippen LogP contribution is -2.42. The van der Waals surface area contributed by atoms with Crippen molar-refractivity contribution in [2.24, 2.45) is 0 Å². The molecule has 0 unspecified atom stereocenters. The van der Waals surface area contributed by atoms with Gasteiger partial charge in [0, 0.05) is 12.2 Å². The average molecular weight is 408 g/mol. The fourth-order valence-electron chi connectivity index (χ4n) is 2.97. The van der Waals surface area contributed by atoms with Crippen LogP contribution in [0.25, 0.3) is 5.69 Å². The number of hydrogen-bond acceptors (Lipinski definition) is 5. The van der Waals surface area contributed by atoms with Crippen LogP contribution in [0, 0.1) is 6.92 Å². The topological polar surface area (TPSA) is 102 Å². The molecule has 2 aromatic carbocycles. The lowest BCUT2D eigenvalue weighted by atomic mass is 10.2. The second-order valence-electron chi connectivity index (χ2n) is 6.84. The predicted molar refractivity (Wildman–Crippen MR) is 112 cm³/mol. The summed E-state index contributed by atoms with van der Waals surface area (Å²) >= 11 is 0. The SMILES string of the molecule is CCCN(CC(=O)Nc1ccccc1C)C(=O)Cn1nnn(-c2ccccc2)c1=O. The molecule has 1 N–H and O–H groups in total. The van der Waals surface area contributed by atoms with Crippen LogP contribution >= 0.6 is 0 Å². The number of hydrogen-bond donors (Lipinski definition) is 1. The Morgan fingerprint density at radius 3 is 2.43 bits per heavy atom. The summed E-state index contributed by atoms with van der Waals surface area (Å²) in [7, 11) is 0. The van der Waals surface area contributed by atoms with Gasteiger partial charge in [-0.2, -0.15) is 9.36 Å². The Morgan fingerprint density at radius 2 is 1.73 bits per heavy atom. The minimum atomic E-state index is -0.518.